The summed E-state index contributed by atoms with van der Waals surface area (Å²) >= 11 is 1.81. The maximum atomic E-state index is 12.6. The van der Waals surface area contributed by atoms with E-state index in [2.05, 4.69) is 52.0 Å². The Kier molecular flexibility index (Phi) is 5.04. The molecule has 4 nitrogen and oxygen atoms in total. The van der Waals surface area contributed by atoms with Gasteiger partial charge in [0, 0.05) is 43.6 Å². The first-order valence-electron chi connectivity index (χ1n) is 9.15. The van der Waals surface area contributed by atoms with Gasteiger partial charge in [-0.15, -0.1) is 11.3 Å². The number of hydrogen-bond donors (Lipinski definition) is 1. The SMILES string of the molecule is O=C(NC1CCN(Cc2ccccc2)CC1)N1CCc2sccc2C1. The molecule has 5 heteroatoms. The molecular weight excluding hydrogens is 330 g/mol. The van der Waals surface area contributed by atoms with Crippen molar-refractivity contribution in [2.24, 2.45) is 0 Å². The molecule has 2 aliphatic rings. The van der Waals surface area contributed by atoms with Crippen molar-refractivity contribution in [3.05, 3.63) is 57.8 Å². The molecular formula is C20H25N3OS. The number of hydrogen-bond acceptors (Lipinski definition) is 3. The van der Waals surface area contributed by atoms with E-state index in [1.807, 2.05) is 16.2 Å². The lowest BCUT2D eigenvalue weighted by molar-refractivity contribution is 0.166. The second-order valence-electron chi connectivity index (χ2n) is 7.03. The molecule has 0 unspecified atom stereocenters. The quantitative estimate of drug-likeness (QED) is 0.915. The molecule has 25 heavy (non-hydrogen) atoms. The lowest BCUT2D eigenvalue weighted by atomic mass is 10.0. The second-order valence-corrected chi connectivity index (χ2v) is 8.03. The molecule has 2 aromatic rings. The Morgan fingerprint density at radius 1 is 1.12 bits per heavy atom. The molecule has 0 saturated carbocycles. The molecule has 1 aromatic heterocycles. The number of fused-ring (bicyclic) bond motifs is 1. The number of carbonyl (C=O) groups excluding carboxylic acids is 1. The zero-order chi connectivity index (χ0) is 17.1. The summed E-state index contributed by atoms with van der Waals surface area (Å²) in [5.41, 5.74) is 2.69. The summed E-state index contributed by atoms with van der Waals surface area (Å²) in [6.07, 6.45) is 3.07. The number of amides is 2. The highest BCUT2D eigenvalue weighted by molar-refractivity contribution is 7.10. The van der Waals surface area contributed by atoms with E-state index in [-0.39, 0.29) is 6.03 Å². The molecule has 0 atom stereocenters. The van der Waals surface area contributed by atoms with Gasteiger partial charge < -0.3 is 10.2 Å². The molecule has 0 radical (unpaired) electrons. The summed E-state index contributed by atoms with van der Waals surface area (Å²) in [7, 11) is 0. The number of nitrogens with one attached hydrogen (secondary N) is 1. The fourth-order valence-electron chi connectivity index (χ4n) is 3.76. The van der Waals surface area contributed by atoms with Crippen LogP contribution in [0.2, 0.25) is 0 Å². The number of thiophene rings is 1. The molecule has 0 bridgehead atoms. The Hall–Kier alpha value is -1.85. The van der Waals surface area contributed by atoms with Gasteiger partial charge in [-0.25, -0.2) is 4.79 Å². The third-order valence-electron chi connectivity index (χ3n) is 5.26. The minimum absolute atomic E-state index is 0.110. The molecule has 1 fully saturated rings. The van der Waals surface area contributed by atoms with Gasteiger partial charge >= 0.3 is 6.03 Å². The molecule has 0 spiro atoms. The molecule has 1 N–H and O–H groups in total. The van der Waals surface area contributed by atoms with E-state index < -0.39 is 0 Å². The van der Waals surface area contributed by atoms with Crippen LogP contribution >= 0.6 is 11.3 Å². The normalized spacial score (nSPS) is 18.8. The van der Waals surface area contributed by atoms with E-state index in [1.165, 1.54) is 16.0 Å². The van der Waals surface area contributed by atoms with Gasteiger partial charge in [0.05, 0.1) is 0 Å². The van der Waals surface area contributed by atoms with Gasteiger partial charge in [-0.1, -0.05) is 30.3 Å². The third-order valence-corrected chi connectivity index (χ3v) is 6.28. The maximum Gasteiger partial charge on any atom is 0.317 e. The number of benzene rings is 1. The predicted molar refractivity (Wildman–Crippen MR) is 102 cm³/mol. The number of piperidine rings is 1. The van der Waals surface area contributed by atoms with Crippen molar-refractivity contribution in [1.82, 2.24) is 15.1 Å². The van der Waals surface area contributed by atoms with E-state index in [9.17, 15) is 4.79 Å². The van der Waals surface area contributed by atoms with Gasteiger partial charge in [0.2, 0.25) is 0 Å². The summed E-state index contributed by atoms with van der Waals surface area (Å²) in [5, 5.41) is 5.39. The number of carbonyl (C=O) groups is 1. The van der Waals surface area contributed by atoms with Crippen LogP contribution in [0.25, 0.3) is 0 Å². The molecule has 4 rings (SSSR count). The van der Waals surface area contributed by atoms with E-state index in [4.69, 9.17) is 0 Å². The summed E-state index contributed by atoms with van der Waals surface area (Å²) in [6.45, 7) is 4.71. The average Bonchev–Trinajstić information content (AvgIpc) is 3.12. The van der Waals surface area contributed by atoms with Crippen molar-refractivity contribution < 1.29 is 4.79 Å². The van der Waals surface area contributed by atoms with Gasteiger partial charge in [0.1, 0.15) is 0 Å². The van der Waals surface area contributed by atoms with Crippen LogP contribution in [0.3, 0.4) is 0 Å². The highest BCUT2D eigenvalue weighted by atomic mass is 32.1. The smallest absolute Gasteiger partial charge is 0.317 e. The average molecular weight is 356 g/mol. The monoisotopic (exact) mass is 355 g/mol. The fourth-order valence-corrected chi connectivity index (χ4v) is 4.65. The zero-order valence-electron chi connectivity index (χ0n) is 14.5. The fraction of sp³-hybridized carbons (Fsp3) is 0.450. The first-order chi connectivity index (χ1) is 12.3. The summed E-state index contributed by atoms with van der Waals surface area (Å²) in [5.74, 6) is 0. The van der Waals surface area contributed by atoms with Gasteiger partial charge in [-0.2, -0.15) is 0 Å². The summed E-state index contributed by atoms with van der Waals surface area (Å²) in [4.78, 5) is 18.5. The number of nitrogens with zero attached hydrogens (tertiary/aromatic N) is 2. The Morgan fingerprint density at radius 2 is 1.92 bits per heavy atom. The molecule has 2 aliphatic heterocycles. The largest absolute Gasteiger partial charge is 0.335 e. The molecule has 1 saturated heterocycles. The highest BCUT2D eigenvalue weighted by Gasteiger charge is 2.25. The van der Waals surface area contributed by atoms with Crippen LogP contribution in [0, 0.1) is 0 Å². The van der Waals surface area contributed by atoms with Crippen molar-refractivity contribution in [3.8, 4) is 0 Å². The molecule has 0 aliphatic carbocycles. The summed E-state index contributed by atoms with van der Waals surface area (Å²) in [6, 6.07) is 13.2. The number of likely N-dealkylation sites (tertiary alicyclic amines) is 1. The van der Waals surface area contributed by atoms with Crippen molar-refractivity contribution in [1.29, 1.82) is 0 Å². The van der Waals surface area contributed by atoms with Crippen LogP contribution in [0.4, 0.5) is 4.79 Å². The summed E-state index contributed by atoms with van der Waals surface area (Å²) < 4.78 is 0. The Labute approximate surface area is 153 Å². The van der Waals surface area contributed by atoms with Crippen LogP contribution < -0.4 is 5.32 Å². The van der Waals surface area contributed by atoms with Crippen molar-refractivity contribution >= 4 is 17.4 Å². The Morgan fingerprint density at radius 3 is 2.72 bits per heavy atom. The first-order valence-corrected chi connectivity index (χ1v) is 10.0. The van der Waals surface area contributed by atoms with Gasteiger partial charge in [-0.3, -0.25) is 4.90 Å². The second kappa shape index (κ2) is 7.58. The minimum Gasteiger partial charge on any atom is -0.335 e. The molecule has 2 amide bonds. The van der Waals surface area contributed by atoms with Gasteiger partial charge in [0.25, 0.3) is 0 Å². The number of rotatable bonds is 3. The van der Waals surface area contributed by atoms with Gasteiger partial charge in [0.15, 0.2) is 0 Å². The Bertz CT molecular complexity index is 707. The van der Waals surface area contributed by atoms with Crippen LogP contribution in [0.1, 0.15) is 28.8 Å². The van der Waals surface area contributed by atoms with E-state index in [0.29, 0.717) is 6.04 Å². The Balaban J connectivity index is 1.24. The van der Waals surface area contributed by atoms with E-state index in [0.717, 1.165) is 52.0 Å². The maximum absolute atomic E-state index is 12.6. The topological polar surface area (TPSA) is 35.6 Å². The molecule has 1 aromatic carbocycles. The zero-order valence-corrected chi connectivity index (χ0v) is 15.3. The van der Waals surface area contributed by atoms with E-state index in [1.54, 1.807) is 0 Å². The molecule has 132 valence electrons. The van der Waals surface area contributed by atoms with Crippen molar-refractivity contribution in [2.45, 2.75) is 38.4 Å². The minimum atomic E-state index is 0.110. The third kappa shape index (κ3) is 4.05. The standard InChI is InChI=1S/C20H25N3OS/c24-20(23-12-8-19-17(15-23)9-13-25-19)21-18-6-10-22(11-7-18)14-16-4-2-1-3-5-16/h1-5,9,13,18H,6-8,10-12,14-15H2,(H,21,24). The van der Waals surface area contributed by atoms with Crippen molar-refractivity contribution in [3.63, 3.8) is 0 Å². The molecule has 3 heterocycles. The van der Waals surface area contributed by atoms with E-state index >= 15 is 0 Å². The predicted octanol–water partition coefficient (Wildman–Crippen LogP) is 3.48. The van der Waals surface area contributed by atoms with Crippen LogP contribution in [-0.2, 0) is 19.5 Å². The first kappa shape index (κ1) is 16.6. The van der Waals surface area contributed by atoms with Gasteiger partial charge in [-0.05, 0) is 41.8 Å². The lowest BCUT2D eigenvalue weighted by Crippen LogP contribution is -2.50. The van der Waals surface area contributed by atoms with Crippen LogP contribution in [0.5, 0.6) is 0 Å². The van der Waals surface area contributed by atoms with Crippen LogP contribution in [-0.4, -0.2) is 41.5 Å². The van der Waals surface area contributed by atoms with Crippen molar-refractivity contribution in [2.75, 3.05) is 19.6 Å². The highest BCUT2D eigenvalue weighted by Crippen LogP contribution is 2.24. The van der Waals surface area contributed by atoms with Crippen LogP contribution in [0.15, 0.2) is 41.8 Å². The number of urea groups is 1. The lowest BCUT2D eigenvalue weighted by Gasteiger charge is -2.34.